The Labute approximate surface area is 196 Å². The second-order valence-corrected chi connectivity index (χ2v) is 7.23. The Morgan fingerprint density at radius 2 is 1.87 bits per heavy atom. The van der Waals surface area contributed by atoms with E-state index < -0.39 is 0 Å². The number of nitrogens with zero attached hydrogens (tertiary/aromatic N) is 2. The maximum absolute atomic E-state index is 12.1. The van der Waals surface area contributed by atoms with Crippen LogP contribution in [0.25, 0.3) is 0 Å². The Kier molecular flexibility index (Phi) is 12.1. The first kappa shape index (κ1) is 25.9. The number of aliphatic imine (C=N–C) groups is 1. The van der Waals surface area contributed by atoms with Gasteiger partial charge in [0.15, 0.2) is 11.7 Å². The number of aromatic nitrogens is 1. The van der Waals surface area contributed by atoms with Crippen molar-refractivity contribution in [2.24, 2.45) is 4.99 Å². The molecule has 2 aromatic rings. The first-order chi connectivity index (χ1) is 14.0. The Balaban J connectivity index is 0.00000450. The minimum absolute atomic E-state index is 0. The van der Waals surface area contributed by atoms with Crippen LogP contribution in [0.4, 0.5) is 0 Å². The minimum Gasteiger partial charge on any atom is -0.359 e. The van der Waals surface area contributed by atoms with Gasteiger partial charge < -0.3 is 20.5 Å². The molecule has 0 aliphatic rings. The van der Waals surface area contributed by atoms with Crippen molar-refractivity contribution in [1.82, 2.24) is 21.1 Å². The molecule has 0 unspecified atom stereocenters. The van der Waals surface area contributed by atoms with Crippen LogP contribution in [0.5, 0.6) is 0 Å². The van der Waals surface area contributed by atoms with Gasteiger partial charge in [-0.15, -0.1) is 24.0 Å². The number of carbonyl (C=O) groups is 1. The van der Waals surface area contributed by atoms with E-state index in [9.17, 15) is 4.79 Å². The normalized spacial score (nSPS) is 11.2. The van der Waals surface area contributed by atoms with Gasteiger partial charge in [-0.1, -0.05) is 44.5 Å². The molecular weight excluding hydrogens is 493 g/mol. The molecule has 7 nitrogen and oxygen atoms in total. The molecule has 1 heterocycles. The highest BCUT2D eigenvalue weighted by atomic mass is 127. The molecule has 1 aromatic carbocycles. The van der Waals surface area contributed by atoms with Crippen LogP contribution in [0, 0.1) is 0 Å². The zero-order chi connectivity index (χ0) is 21.1. The predicted octanol–water partition coefficient (Wildman–Crippen LogP) is 4.20. The van der Waals surface area contributed by atoms with Gasteiger partial charge in [-0.3, -0.25) is 4.79 Å². The van der Waals surface area contributed by atoms with Crippen LogP contribution in [-0.2, 0) is 13.1 Å². The van der Waals surface area contributed by atoms with Gasteiger partial charge in [0, 0.05) is 24.7 Å². The van der Waals surface area contributed by atoms with E-state index in [0.29, 0.717) is 37.1 Å². The van der Waals surface area contributed by atoms with Crippen molar-refractivity contribution in [3.05, 3.63) is 52.9 Å². The highest BCUT2D eigenvalue weighted by Gasteiger charge is 2.08. The van der Waals surface area contributed by atoms with Gasteiger partial charge in [-0.25, -0.2) is 4.99 Å². The summed E-state index contributed by atoms with van der Waals surface area (Å²) >= 11 is 0. The number of hydrogen-bond donors (Lipinski definition) is 3. The summed E-state index contributed by atoms with van der Waals surface area (Å²) in [6.45, 7) is 10.8. The fourth-order valence-electron chi connectivity index (χ4n) is 2.61. The van der Waals surface area contributed by atoms with Crippen molar-refractivity contribution in [1.29, 1.82) is 0 Å². The molecule has 0 atom stereocenters. The molecule has 166 valence electrons. The fraction of sp³-hybridized carbons (Fsp3) is 0.500. The van der Waals surface area contributed by atoms with Crippen LogP contribution >= 0.6 is 24.0 Å². The van der Waals surface area contributed by atoms with Crippen molar-refractivity contribution >= 4 is 35.8 Å². The molecule has 0 saturated heterocycles. The van der Waals surface area contributed by atoms with Gasteiger partial charge in [0.2, 0.25) is 0 Å². The molecule has 0 aliphatic heterocycles. The van der Waals surface area contributed by atoms with E-state index in [1.54, 1.807) is 0 Å². The van der Waals surface area contributed by atoms with Crippen LogP contribution in [0.3, 0.4) is 0 Å². The van der Waals surface area contributed by atoms with Crippen molar-refractivity contribution in [3.8, 4) is 0 Å². The number of benzene rings is 1. The van der Waals surface area contributed by atoms with Crippen molar-refractivity contribution in [3.63, 3.8) is 0 Å². The quantitative estimate of drug-likeness (QED) is 0.187. The SMILES string of the molecule is CCCCNC(=O)c1ccc(CN=C(NCC)NCc2cc(C(C)C)no2)cc1.I. The second kappa shape index (κ2) is 14.0. The molecule has 0 fully saturated rings. The number of unbranched alkanes of at least 4 members (excludes halogenated alkanes) is 1. The average molecular weight is 527 g/mol. The minimum atomic E-state index is -0.0312. The number of carbonyl (C=O) groups excluding carboxylic acids is 1. The number of amides is 1. The molecule has 1 aromatic heterocycles. The molecule has 2 rings (SSSR count). The summed E-state index contributed by atoms with van der Waals surface area (Å²) in [7, 11) is 0. The van der Waals surface area contributed by atoms with Gasteiger partial charge in [-0.05, 0) is 37.0 Å². The van der Waals surface area contributed by atoms with Crippen LogP contribution in [0.2, 0.25) is 0 Å². The predicted molar refractivity (Wildman–Crippen MR) is 131 cm³/mol. The van der Waals surface area contributed by atoms with Crippen molar-refractivity contribution < 1.29 is 9.32 Å². The highest BCUT2D eigenvalue weighted by molar-refractivity contribution is 14.0. The standard InChI is InChI=1S/C22H33N5O2.HI/c1-5-7-12-24-21(28)18-10-8-17(9-11-18)14-25-22(23-6-2)26-15-19-13-20(16(3)4)27-29-19;/h8-11,13,16H,5-7,12,14-15H2,1-4H3,(H,24,28)(H2,23,25,26);1H. The molecule has 0 bridgehead atoms. The third kappa shape index (κ3) is 8.73. The largest absolute Gasteiger partial charge is 0.359 e. The lowest BCUT2D eigenvalue weighted by molar-refractivity contribution is 0.0953. The molecular formula is C22H34IN5O2. The number of halogens is 1. The summed E-state index contributed by atoms with van der Waals surface area (Å²) in [6.07, 6.45) is 2.06. The summed E-state index contributed by atoms with van der Waals surface area (Å²) in [5, 5.41) is 13.5. The van der Waals surface area contributed by atoms with Gasteiger partial charge in [-0.2, -0.15) is 0 Å². The van der Waals surface area contributed by atoms with E-state index in [4.69, 9.17) is 4.52 Å². The molecule has 3 N–H and O–H groups in total. The lowest BCUT2D eigenvalue weighted by Gasteiger charge is -2.10. The second-order valence-electron chi connectivity index (χ2n) is 7.23. The van der Waals surface area contributed by atoms with Crippen LogP contribution in [0.1, 0.15) is 73.8 Å². The summed E-state index contributed by atoms with van der Waals surface area (Å²) in [4.78, 5) is 16.7. The number of nitrogens with one attached hydrogen (secondary N) is 3. The number of hydrogen-bond acceptors (Lipinski definition) is 4. The van der Waals surface area contributed by atoms with Gasteiger partial charge >= 0.3 is 0 Å². The van der Waals surface area contributed by atoms with Crippen LogP contribution < -0.4 is 16.0 Å². The maximum Gasteiger partial charge on any atom is 0.251 e. The molecule has 30 heavy (non-hydrogen) atoms. The van der Waals surface area contributed by atoms with E-state index in [2.05, 4.69) is 46.9 Å². The smallest absolute Gasteiger partial charge is 0.251 e. The third-order valence-corrected chi connectivity index (χ3v) is 4.39. The van der Waals surface area contributed by atoms with Crippen LogP contribution in [-0.4, -0.2) is 30.1 Å². The van der Waals surface area contributed by atoms with E-state index >= 15 is 0 Å². The maximum atomic E-state index is 12.1. The van der Waals surface area contributed by atoms with E-state index in [-0.39, 0.29) is 29.9 Å². The summed E-state index contributed by atoms with van der Waals surface area (Å²) < 4.78 is 5.35. The van der Waals surface area contributed by atoms with Crippen molar-refractivity contribution in [2.75, 3.05) is 13.1 Å². The number of rotatable bonds is 10. The van der Waals surface area contributed by atoms with E-state index in [0.717, 1.165) is 36.4 Å². The molecule has 0 saturated carbocycles. The monoisotopic (exact) mass is 527 g/mol. The highest BCUT2D eigenvalue weighted by Crippen LogP contribution is 2.13. The number of guanidine groups is 1. The molecule has 0 radical (unpaired) electrons. The lowest BCUT2D eigenvalue weighted by atomic mass is 10.1. The molecule has 0 spiro atoms. The lowest BCUT2D eigenvalue weighted by Crippen LogP contribution is -2.36. The first-order valence-electron chi connectivity index (χ1n) is 10.4. The summed E-state index contributed by atoms with van der Waals surface area (Å²) in [5.74, 6) is 1.79. The van der Waals surface area contributed by atoms with Crippen molar-refractivity contribution in [2.45, 2.75) is 59.5 Å². The van der Waals surface area contributed by atoms with Crippen LogP contribution in [0.15, 0.2) is 39.8 Å². The van der Waals surface area contributed by atoms with Gasteiger partial charge in [0.1, 0.15) is 0 Å². The third-order valence-electron chi connectivity index (χ3n) is 4.39. The molecule has 1 amide bonds. The topological polar surface area (TPSA) is 91.5 Å². The Hall–Kier alpha value is -2.10. The zero-order valence-electron chi connectivity index (χ0n) is 18.3. The summed E-state index contributed by atoms with van der Waals surface area (Å²) in [5.41, 5.74) is 2.65. The van der Waals surface area contributed by atoms with Gasteiger partial charge in [0.05, 0.1) is 18.8 Å². The zero-order valence-corrected chi connectivity index (χ0v) is 20.7. The molecule has 0 aliphatic carbocycles. The van der Waals surface area contributed by atoms with E-state index in [1.807, 2.05) is 37.3 Å². The van der Waals surface area contributed by atoms with E-state index in [1.165, 1.54) is 0 Å². The average Bonchev–Trinajstić information content (AvgIpc) is 3.20. The Morgan fingerprint density at radius 1 is 1.13 bits per heavy atom. The Morgan fingerprint density at radius 3 is 2.47 bits per heavy atom. The first-order valence-corrected chi connectivity index (χ1v) is 10.4. The van der Waals surface area contributed by atoms with Gasteiger partial charge in [0.25, 0.3) is 5.91 Å². The molecule has 8 heteroatoms. The Bertz CT molecular complexity index is 787. The summed E-state index contributed by atoms with van der Waals surface area (Å²) in [6, 6.07) is 9.52. The fourth-order valence-corrected chi connectivity index (χ4v) is 2.61.